The van der Waals surface area contributed by atoms with Gasteiger partial charge in [-0.05, 0) is 37.3 Å². The molecule has 0 spiro atoms. The van der Waals surface area contributed by atoms with Gasteiger partial charge in [0.25, 0.3) is 0 Å². The molecule has 128 valence electrons. The second-order valence-corrected chi connectivity index (χ2v) is 7.12. The van der Waals surface area contributed by atoms with E-state index in [1.807, 2.05) is 19.1 Å². The summed E-state index contributed by atoms with van der Waals surface area (Å²) in [6.07, 6.45) is -0.417. The van der Waals surface area contributed by atoms with E-state index >= 15 is 0 Å². The van der Waals surface area contributed by atoms with Crippen molar-refractivity contribution in [2.45, 2.75) is 19.4 Å². The maximum absolute atomic E-state index is 12.4. The number of halogens is 1. The number of cyclic esters (lactones) is 1. The summed E-state index contributed by atoms with van der Waals surface area (Å²) in [5.74, 6) is -1.01. The van der Waals surface area contributed by atoms with Gasteiger partial charge in [0.15, 0.2) is 0 Å². The number of ether oxygens (including phenoxy) is 2. The van der Waals surface area contributed by atoms with Gasteiger partial charge in [0.1, 0.15) is 9.71 Å². The van der Waals surface area contributed by atoms with Gasteiger partial charge in [-0.15, -0.1) is 11.3 Å². The van der Waals surface area contributed by atoms with Gasteiger partial charge in [0.2, 0.25) is 6.10 Å². The summed E-state index contributed by atoms with van der Waals surface area (Å²) >= 11 is 7.21. The fourth-order valence-electron chi connectivity index (χ4n) is 2.68. The van der Waals surface area contributed by atoms with Crippen LogP contribution in [-0.4, -0.2) is 34.4 Å². The number of aryl methyl sites for hydroxylation is 1. The number of nitrogens with zero attached hydrogens (tertiary/aromatic N) is 2. The molecule has 0 bridgehead atoms. The summed E-state index contributed by atoms with van der Waals surface area (Å²) in [7, 11) is 0. The largest absolute Gasteiger partial charge is 0.463 e. The Bertz CT molecular complexity index is 977. The van der Waals surface area contributed by atoms with Crippen LogP contribution in [0.5, 0.6) is 0 Å². The lowest BCUT2D eigenvalue weighted by atomic mass is 10.3. The van der Waals surface area contributed by atoms with Gasteiger partial charge in [0, 0.05) is 16.8 Å². The maximum atomic E-state index is 12.4. The van der Waals surface area contributed by atoms with Gasteiger partial charge in [-0.2, -0.15) is 5.10 Å². The number of rotatable bonds is 3. The minimum absolute atomic E-state index is 0.286. The Hall–Kier alpha value is -2.38. The fourth-order valence-corrected chi connectivity index (χ4v) is 3.87. The van der Waals surface area contributed by atoms with Crippen molar-refractivity contribution < 1.29 is 19.1 Å². The van der Waals surface area contributed by atoms with E-state index in [-0.39, 0.29) is 6.61 Å². The summed E-state index contributed by atoms with van der Waals surface area (Å²) < 4.78 is 11.8. The SMILES string of the molecule is Cc1nn(-c2ccc(Cl)cc2)c2sc(C(=O)OC3CCOC3=O)cc12. The molecule has 1 atom stereocenters. The number of hydrogen-bond acceptors (Lipinski definition) is 6. The Kier molecular flexibility index (Phi) is 3.97. The molecule has 1 aliphatic rings. The molecule has 1 aromatic carbocycles. The molecular formula is C17H13ClN2O4S. The van der Waals surface area contributed by atoms with Gasteiger partial charge >= 0.3 is 11.9 Å². The van der Waals surface area contributed by atoms with E-state index in [1.54, 1.807) is 22.9 Å². The van der Waals surface area contributed by atoms with E-state index in [0.717, 1.165) is 21.6 Å². The number of hydrogen-bond donors (Lipinski definition) is 0. The Morgan fingerprint density at radius 2 is 2.16 bits per heavy atom. The number of fused-ring (bicyclic) bond motifs is 1. The first-order valence-corrected chi connectivity index (χ1v) is 8.85. The number of benzene rings is 1. The zero-order valence-electron chi connectivity index (χ0n) is 13.2. The molecule has 1 aliphatic heterocycles. The molecule has 0 aliphatic carbocycles. The first-order valence-electron chi connectivity index (χ1n) is 7.65. The van der Waals surface area contributed by atoms with Crippen LogP contribution in [-0.2, 0) is 14.3 Å². The molecular weight excluding hydrogens is 364 g/mol. The molecule has 0 amide bonds. The Morgan fingerprint density at radius 3 is 2.84 bits per heavy atom. The summed E-state index contributed by atoms with van der Waals surface area (Å²) in [5.41, 5.74) is 1.66. The third kappa shape index (κ3) is 2.89. The van der Waals surface area contributed by atoms with Crippen LogP contribution < -0.4 is 0 Å². The fraction of sp³-hybridized carbons (Fsp3) is 0.235. The van der Waals surface area contributed by atoms with E-state index in [9.17, 15) is 9.59 Å². The average Bonchev–Trinajstić information content (AvgIpc) is 3.27. The monoisotopic (exact) mass is 376 g/mol. The molecule has 2 aromatic heterocycles. The summed E-state index contributed by atoms with van der Waals surface area (Å²) in [6, 6.07) is 9.04. The zero-order valence-corrected chi connectivity index (χ0v) is 14.8. The highest BCUT2D eigenvalue weighted by atomic mass is 35.5. The number of carbonyl (C=O) groups is 2. The molecule has 1 saturated heterocycles. The first kappa shape index (κ1) is 16.1. The highest BCUT2D eigenvalue weighted by molar-refractivity contribution is 7.20. The van der Waals surface area contributed by atoms with Crippen LogP contribution in [0.15, 0.2) is 30.3 Å². The number of thiophene rings is 1. The second-order valence-electron chi connectivity index (χ2n) is 5.65. The molecule has 3 heterocycles. The van der Waals surface area contributed by atoms with E-state index in [1.165, 1.54) is 11.3 Å². The lowest BCUT2D eigenvalue weighted by Crippen LogP contribution is -2.22. The van der Waals surface area contributed by atoms with E-state index in [4.69, 9.17) is 21.1 Å². The van der Waals surface area contributed by atoms with Crippen LogP contribution >= 0.6 is 22.9 Å². The summed E-state index contributed by atoms with van der Waals surface area (Å²) in [5, 5.41) is 6.04. The normalized spacial score (nSPS) is 17.0. The Morgan fingerprint density at radius 1 is 1.40 bits per heavy atom. The first-order chi connectivity index (χ1) is 12.0. The van der Waals surface area contributed by atoms with Crippen molar-refractivity contribution >= 4 is 45.1 Å². The topological polar surface area (TPSA) is 70.4 Å². The van der Waals surface area contributed by atoms with Crippen molar-refractivity contribution in [1.29, 1.82) is 0 Å². The van der Waals surface area contributed by atoms with Crippen molar-refractivity contribution in [2.24, 2.45) is 0 Å². The molecule has 6 nitrogen and oxygen atoms in total. The lowest BCUT2D eigenvalue weighted by Gasteiger charge is -2.06. The van der Waals surface area contributed by atoms with E-state index in [2.05, 4.69) is 5.10 Å². The van der Waals surface area contributed by atoms with Crippen LogP contribution in [0, 0.1) is 6.92 Å². The number of aromatic nitrogens is 2. The number of esters is 2. The molecule has 3 aromatic rings. The lowest BCUT2D eigenvalue weighted by molar-refractivity contribution is -0.145. The maximum Gasteiger partial charge on any atom is 0.349 e. The molecule has 1 fully saturated rings. The molecule has 0 radical (unpaired) electrons. The smallest absolute Gasteiger partial charge is 0.349 e. The Balaban J connectivity index is 1.68. The van der Waals surface area contributed by atoms with Crippen molar-refractivity contribution in [1.82, 2.24) is 9.78 Å². The molecule has 4 rings (SSSR count). The van der Waals surface area contributed by atoms with Crippen LogP contribution in [0.25, 0.3) is 15.9 Å². The van der Waals surface area contributed by atoms with Gasteiger partial charge in [0.05, 0.1) is 18.0 Å². The summed E-state index contributed by atoms with van der Waals surface area (Å²) in [4.78, 5) is 25.1. The Labute approximate surface area is 151 Å². The quantitative estimate of drug-likeness (QED) is 0.654. The molecule has 0 saturated carbocycles. The molecule has 0 N–H and O–H groups in total. The molecule has 8 heteroatoms. The minimum atomic E-state index is -0.813. The van der Waals surface area contributed by atoms with Crippen LogP contribution in [0.3, 0.4) is 0 Å². The number of carbonyl (C=O) groups excluding carboxylic acids is 2. The van der Waals surface area contributed by atoms with Gasteiger partial charge in [-0.3, -0.25) is 0 Å². The third-order valence-electron chi connectivity index (χ3n) is 3.95. The predicted molar refractivity (Wildman–Crippen MR) is 93.5 cm³/mol. The van der Waals surface area contributed by atoms with Crippen LogP contribution in [0.2, 0.25) is 5.02 Å². The predicted octanol–water partition coefficient (Wildman–Crippen LogP) is 3.52. The molecule has 1 unspecified atom stereocenters. The second kappa shape index (κ2) is 6.16. The van der Waals surface area contributed by atoms with E-state index < -0.39 is 18.0 Å². The third-order valence-corrected chi connectivity index (χ3v) is 5.30. The van der Waals surface area contributed by atoms with E-state index in [0.29, 0.717) is 16.3 Å². The average molecular weight is 377 g/mol. The minimum Gasteiger partial charge on any atom is -0.463 e. The van der Waals surface area contributed by atoms with Crippen molar-refractivity contribution in [3.8, 4) is 5.69 Å². The van der Waals surface area contributed by atoms with Gasteiger partial charge < -0.3 is 9.47 Å². The highest BCUT2D eigenvalue weighted by Gasteiger charge is 2.31. The molecule has 25 heavy (non-hydrogen) atoms. The van der Waals surface area contributed by atoms with Gasteiger partial charge in [-0.25, -0.2) is 14.3 Å². The van der Waals surface area contributed by atoms with Crippen LogP contribution in [0.4, 0.5) is 0 Å². The van der Waals surface area contributed by atoms with Crippen molar-refractivity contribution in [2.75, 3.05) is 6.61 Å². The highest BCUT2D eigenvalue weighted by Crippen LogP contribution is 2.31. The standard InChI is InChI=1S/C17H13ClN2O4S/c1-9-12-8-14(17(22)24-13-6-7-23-16(13)21)25-15(12)20(19-9)11-4-2-10(18)3-5-11/h2-5,8,13H,6-7H2,1H3. The van der Waals surface area contributed by atoms with Gasteiger partial charge in [-0.1, -0.05) is 11.6 Å². The zero-order chi connectivity index (χ0) is 17.6. The van der Waals surface area contributed by atoms with Crippen LogP contribution in [0.1, 0.15) is 21.8 Å². The van der Waals surface area contributed by atoms with Crippen molar-refractivity contribution in [3.63, 3.8) is 0 Å². The summed E-state index contributed by atoms with van der Waals surface area (Å²) in [6.45, 7) is 2.17. The van der Waals surface area contributed by atoms with Crippen molar-refractivity contribution in [3.05, 3.63) is 45.9 Å².